The summed E-state index contributed by atoms with van der Waals surface area (Å²) >= 11 is 0. The Morgan fingerprint density at radius 2 is 1.97 bits per heavy atom. The Morgan fingerprint density at radius 1 is 1.22 bits per heavy atom. The maximum Gasteiger partial charge on any atom is 0.270 e. The summed E-state index contributed by atoms with van der Waals surface area (Å²) in [6.45, 7) is 6.30. The molecule has 11 heteroatoms. The molecule has 198 valence electrons. The number of nitrogens with two attached hydrogens (primary N) is 2. The van der Waals surface area contributed by atoms with Crippen LogP contribution in [-0.4, -0.2) is 60.7 Å². The number of aromatic nitrogens is 1. The van der Waals surface area contributed by atoms with Gasteiger partial charge < -0.3 is 26.8 Å². The lowest BCUT2D eigenvalue weighted by atomic mass is 9.86. The fraction of sp³-hybridized carbons (Fsp3) is 0.423. The molecule has 0 saturated heterocycles. The number of nitrogens with zero attached hydrogens (tertiary/aromatic N) is 4. The summed E-state index contributed by atoms with van der Waals surface area (Å²) in [5, 5.41) is 15.7. The number of amides is 2. The molecule has 1 aliphatic rings. The van der Waals surface area contributed by atoms with Gasteiger partial charge in [-0.05, 0) is 68.4 Å². The van der Waals surface area contributed by atoms with Gasteiger partial charge in [-0.25, -0.2) is 4.98 Å². The highest BCUT2D eigenvalue weighted by Crippen LogP contribution is 2.25. The van der Waals surface area contributed by atoms with Crippen LogP contribution in [0, 0.1) is 12.8 Å². The first-order chi connectivity index (χ1) is 17.8. The molecule has 0 atom stereocenters. The molecule has 3 rings (SSSR count). The van der Waals surface area contributed by atoms with E-state index in [0.29, 0.717) is 30.3 Å². The number of hydrazone groups is 2. The van der Waals surface area contributed by atoms with Crippen molar-refractivity contribution < 1.29 is 14.3 Å². The molecule has 0 spiro atoms. The first-order valence-electron chi connectivity index (χ1n) is 12.3. The molecule has 0 radical (unpaired) electrons. The number of carbonyl (C=O) groups excluding carboxylic acids is 2. The third kappa shape index (κ3) is 8.28. The average molecular weight is 509 g/mol. The van der Waals surface area contributed by atoms with Crippen LogP contribution in [0.5, 0.6) is 5.75 Å². The van der Waals surface area contributed by atoms with E-state index in [4.69, 9.17) is 16.2 Å². The summed E-state index contributed by atoms with van der Waals surface area (Å²) in [5.41, 5.74) is 14.0. The van der Waals surface area contributed by atoms with Crippen molar-refractivity contribution in [2.75, 3.05) is 20.2 Å². The largest absolute Gasteiger partial charge is 0.497 e. The van der Waals surface area contributed by atoms with Gasteiger partial charge in [0.15, 0.2) is 5.84 Å². The van der Waals surface area contributed by atoms with Gasteiger partial charge in [0, 0.05) is 30.6 Å². The highest BCUT2D eigenvalue weighted by molar-refractivity contribution is 6.00. The number of carbonyl (C=O) groups is 2. The second-order valence-corrected chi connectivity index (χ2v) is 9.09. The lowest BCUT2D eigenvalue weighted by Crippen LogP contribution is -2.41. The number of rotatable bonds is 11. The zero-order chi connectivity index (χ0) is 26.8. The summed E-state index contributed by atoms with van der Waals surface area (Å²) in [4.78, 5) is 28.7. The van der Waals surface area contributed by atoms with Crippen LogP contribution in [0.2, 0.25) is 0 Å². The van der Waals surface area contributed by atoms with Crippen molar-refractivity contribution in [1.29, 1.82) is 0 Å². The van der Waals surface area contributed by atoms with Crippen molar-refractivity contribution in [2.24, 2.45) is 27.6 Å². The van der Waals surface area contributed by atoms with Crippen LogP contribution in [0.15, 0.2) is 46.6 Å². The minimum absolute atomic E-state index is 0.00217. The van der Waals surface area contributed by atoms with E-state index in [9.17, 15) is 9.59 Å². The number of aryl methyl sites for hydroxylation is 1. The van der Waals surface area contributed by atoms with E-state index in [1.165, 1.54) is 5.12 Å². The minimum atomic E-state index is -0.322. The number of hydrogen-bond donors (Lipinski definition) is 4. The van der Waals surface area contributed by atoms with Crippen LogP contribution >= 0.6 is 0 Å². The molecule has 11 nitrogen and oxygen atoms in total. The highest BCUT2D eigenvalue weighted by atomic mass is 16.5. The number of pyridine rings is 1. The van der Waals surface area contributed by atoms with Crippen LogP contribution in [0.1, 0.15) is 53.0 Å². The molecule has 0 aliphatic heterocycles. The molecule has 2 amide bonds. The Bertz CT molecular complexity index is 1130. The van der Waals surface area contributed by atoms with Gasteiger partial charge in [0.05, 0.1) is 20.2 Å². The molecule has 6 N–H and O–H groups in total. The predicted molar refractivity (Wildman–Crippen MR) is 143 cm³/mol. The number of ether oxygens (including phenoxy) is 1. The molecule has 1 aromatic heterocycles. The van der Waals surface area contributed by atoms with Crippen LogP contribution < -0.4 is 26.8 Å². The van der Waals surface area contributed by atoms with Crippen molar-refractivity contribution in [2.45, 2.75) is 45.2 Å². The summed E-state index contributed by atoms with van der Waals surface area (Å²) in [6.07, 6.45) is 3.59. The molecule has 1 heterocycles. The van der Waals surface area contributed by atoms with Crippen molar-refractivity contribution in [3.05, 3.63) is 58.9 Å². The lowest BCUT2D eigenvalue weighted by Gasteiger charge is -2.30. The van der Waals surface area contributed by atoms with Crippen LogP contribution in [0.4, 0.5) is 0 Å². The molecule has 1 saturated carbocycles. The summed E-state index contributed by atoms with van der Waals surface area (Å²) in [6, 6.07) is 11.0. The molecule has 1 aromatic carbocycles. The number of amidine groups is 1. The van der Waals surface area contributed by atoms with E-state index in [-0.39, 0.29) is 35.9 Å². The second kappa shape index (κ2) is 13.4. The predicted octanol–water partition coefficient (Wildman–Crippen LogP) is 1.50. The Morgan fingerprint density at radius 3 is 2.65 bits per heavy atom. The molecule has 0 unspecified atom stereocenters. The normalized spacial score (nSPS) is 17.5. The van der Waals surface area contributed by atoms with Crippen molar-refractivity contribution >= 4 is 24.4 Å². The van der Waals surface area contributed by atoms with Crippen LogP contribution in [0.25, 0.3) is 0 Å². The van der Waals surface area contributed by atoms with Crippen LogP contribution in [-0.2, 0) is 11.3 Å². The quantitative estimate of drug-likeness (QED) is 0.203. The number of hydrogen-bond acceptors (Lipinski definition) is 8. The fourth-order valence-corrected chi connectivity index (χ4v) is 4.31. The van der Waals surface area contributed by atoms with Crippen molar-refractivity contribution in [3.8, 4) is 5.75 Å². The number of benzene rings is 1. The molecule has 2 aromatic rings. The summed E-state index contributed by atoms with van der Waals surface area (Å²) < 4.78 is 5.23. The first kappa shape index (κ1) is 27.6. The Balaban J connectivity index is 1.61. The smallest absolute Gasteiger partial charge is 0.270 e. The van der Waals surface area contributed by atoms with E-state index < -0.39 is 0 Å². The third-order valence-corrected chi connectivity index (χ3v) is 6.27. The fourth-order valence-electron chi connectivity index (χ4n) is 4.31. The standard InChI is InChI=1S/C26H36N8O3/c1-17-11-20(13-23(31-17)26(36)30-15-19-5-4-6-22(12-19)37-3)25(28)33-34(29-2)16-18-7-9-21(10-8-18)32-24(35)14-27/h4-6,11-13,18,21H,2,7-10,14-16,27H2,1,3H3,(H2,28,33)(H,30,36)(H,32,35)/t18-,21-. The maximum absolute atomic E-state index is 12.8. The van der Waals surface area contributed by atoms with Gasteiger partial charge in [0.2, 0.25) is 5.91 Å². The van der Waals surface area contributed by atoms with Crippen LogP contribution in [0.3, 0.4) is 0 Å². The van der Waals surface area contributed by atoms with E-state index in [0.717, 1.165) is 37.0 Å². The Kier molecular flexibility index (Phi) is 9.96. The van der Waals surface area contributed by atoms with Gasteiger partial charge in [-0.2, -0.15) is 10.2 Å². The number of methoxy groups -OCH3 is 1. The highest BCUT2D eigenvalue weighted by Gasteiger charge is 2.24. The van der Waals surface area contributed by atoms with Gasteiger partial charge in [0.1, 0.15) is 11.4 Å². The van der Waals surface area contributed by atoms with E-state index in [2.05, 4.69) is 32.5 Å². The first-order valence-corrected chi connectivity index (χ1v) is 12.3. The Hall–Kier alpha value is -3.99. The van der Waals surface area contributed by atoms with Gasteiger partial charge in [-0.15, -0.1) is 5.10 Å². The van der Waals surface area contributed by atoms with Gasteiger partial charge >= 0.3 is 0 Å². The molecule has 1 aliphatic carbocycles. The summed E-state index contributed by atoms with van der Waals surface area (Å²) in [5.74, 6) is 0.821. The van der Waals surface area contributed by atoms with Gasteiger partial charge in [0.25, 0.3) is 5.91 Å². The van der Waals surface area contributed by atoms with Crippen molar-refractivity contribution in [1.82, 2.24) is 20.7 Å². The third-order valence-electron chi connectivity index (χ3n) is 6.27. The second-order valence-electron chi connectivity index (χ2n) is 9.09. The van der Waals surface area contributed by atoms with Gasteiger partial charge in [-0.1, -0.05) is 12.1 Å². The molecular weight excluding hydrogens is 472 g/mol. The minimum Gasteiger partial charge on any atom is -0.497 e. The molecular formula is C26H36N8O3. The monoisotopic (exact) mass is 508 g/mol. The molecule has 37 heavy (non-hydrogen) atoms. The SMILES string of the molecule is C=NN(C[C@H]1CC[C@H](NC(=O)CN)CC1)/N=C(\N)c1cc(C)nc(C(=O)NCc2cccc(OC)c2)c1. The topological polar surface area (TPSA) is 160 Å². The van der Waals surface area contributed by atoms with Crippen molar-refractivity contribution in [3.63, 3.8) is 0 Å². The summed E-state index contributed by atoms with van der Waals surface area (Å²) in [7, 11) is 1.60. The van der Waals surface area contributed by atoms with Gasteiger partial charge in [-0.3, -0.25) is 9.59 Å². The maximum atomic E-state index is 12.8. The number of nitrogens with one attached hydrogen (secondary N) is 2. The lowest BCUT2D eigenvalue weighted by molar-refractivity contribution is -0.120. The van der Waals surface area contributed by atoms with E-state index >= 15 is 0 Å². The average Bonchev–Trinajstić information content (AvgIpc) is 2.91. The zero-order valence-electron chi connectivity index (χ0n) is 21.4. The molecule has 0 bridgehead atoms. The van der Waals surface area contributed by atoms with E-state index in [1.54, 1.807) is 26.2 Å². The van der Waals surface area contributed by atoms with E-state index in [1.807, 2.05) is 24.3 Å². The zero-order valence-corrected chi connectivity index (χ0v) is 21.4. The molecule has 1 fully saturated rings. The Labute approximate surface area is 217 Å².